The van der Waals surface area contributed by atoms with E-state index in [-0.39, 0.29) is 0 Å². The van der Waals surface area contributed by atoms with Gasteiger partial charge in [-0.1, -0.05) is 0 Å². The summed E-state index contributed by atoms with van der Waals surface area (Å²) in [5, 5.41) is 0. The van der Waals surface area contributed by atoms with Crippen molar-refractivity contribution in [1.82, 2.24) is 0 Å². The number of nitrogens with two attached hydrogens (primary N) is 1. The van der Waals surface area contributed by atoms with Crippen LogP contribution in [0, 0.1) is 11.8 Å². The number of rotatable bonds is 1. The minimum absolute atomic E-state index is 0.623. The lowest BCUT2D eigenvalue weighted by molar-refractivity contribution is 0.549. The molecular weight excluding hydrogens is 124 g/mol. The van der Waals surface area contributed by atoms with Crippen molar-refractivity contribution in [2.24, 2.45) is 22.6 Å². The molecule has 10 heavy (non-hydrogen) atoms. The Morgan fingerprint density at radius 2 is 2.30 bits per heavy atom. The second-order valence-electron chi connectivity index (χ2n) is 3.14. The van der Waals surface area contributed by atoms with E-state index in [1.165, 1.54) is 12.8 Å². The summed E-state index contributed by atoms with van der Waals surface area (Å²) in [6, 6.07) is 0. The standard InChI is InChI=1S/C8H12N2/c9-8-5-10-4-3-7(8)6-1-2-6/h4-7H,1-3,9H2. The smallest absolute Gasteiger partial charge is 0.0454 e. The van der Waals surface area contributed by atoms with Crippen LogP contribution in [0.1, 0.15) is 19.3 Å². The topological polar surface area (TPSA) is 38.4 Å². The first kappa shape index (κ1) is 5.96. The fraction of sp³-hybridized carbons (Fsp3) is 0.625. The molecule has 2 heteroatoms. The first-order valence-corrected chi connectivity index (χ1v) is 3.85. The monoisotopic (exact) mass is 136 g/mol. The van der Waals surface area contributed by atoms with Gasteiger partial charge in [0.25, 0.3) is 0 Å². The summed E-state index contributed by atoms with van der Waals surface area (Å²) in [6.45, 7) is 0. The Morgan fingerprint density at radius 1 is 1.50 bits per heavy atom. The number of allylic oxidation sites excluding steroid dienone is 1. The van der Waals surface area contributed by atoms with E-state index in [0.717, 1.165) is 18.0 Å². The molecule has 0 amide bonds. The van der Waals surface area contributed by atoms with Crippen LogP contribution in [0.25, 0.3) is 0 Å². The first-order chi connectivity index (χ1) is 4.88. The van der Waals surface area contributed by atoms with E-state index in [4.69, 9.17) is 5.73 Å². The SMILES string of the molecule is NC1=CN=CCC1C1CC1. The minimum Gasteiger partial charge on any atom is -0.401 e. The molecule has 2 aliphatic rings. The van der Waals surface area contributed by atoms with Gasteiger partial charge in [0.1, 0.15) is 0 Å². The molecule has 1 heterocycles. The van der Waals surface area contributed by atoms with Crippen molar-refractivity contribution in [2.75, 3.05) is 0 Å². The van der Waals surface area contributed by atoms with Crippen LogP contribution in [0.4, 0.5) is 0 Å². The molecule has 0 spiro atoms. The Kier molecular flexibility index (Phi) is 1.26. The minimum atomic E-state index is 0.623. The molecule has 0 aromatic carbocycles. The van der Waals surface area contributed by atoms with Crippen molar-refractivity contribution in [3.05, 3.63) is 11.9 Å². The van der Waals surface area contributed by atoms with Gasteiger partial charge >= 0.3 is 0 Å². The summed E-state index contributed by atoms with van der Waals surface area (Å²) in [5.74, 6) is 1.50. The molecule has 0 radical (unpaired) electrons. The number of hydrogen-bond donors (Lipinski definition) is 1. The van der Waals surface area contributed by atoms with Crippen molar-refractivity contribution in [1.29, 1.82) is 0 Å². The van der Waals surface area contributed by atoms with Crippen LogP contribution in [0.2, 0.25) is 0 Å². The molecule has 2 N–H and O–H groups in total. The summed E-state index contributed by atoms with van der Waals surface area (Å²) < 4.78 is 0. The molecule has 1 aliphatic heterocycles. The van der Waals surface area contributed by atoms with E-state index in [9.17, 15) is 0 Å². The fourth-order valence-corrected chi connectivity index (χ4v) is 1.51. The van der Waals surface area contributed by atoms with Gasteiger partial charge in [0.2, 0.25) is 0 Å². The van der Waals surface area contributed by atoms with Crippen LogP contribution >= 0.6 is 0 Å². The van der Waals surface area contributed by atoms with E-state index < -0.39 is 0 Å². The van der Waals surface area contributed by atoms with E-state index in [0.29, 0.717) is 5.92 Å². The Balaban J connectivity index is 2.08. The average Bonchev–Trinajstić information content (AvgIpc) is 2.71. The number of hydrogen-bond acceptors (Lipinski definition) is 2. The fourth-order valence-electron chi connectivity index (χ4n) is 1.51. The third-order valence-corrected chi connectivity index (χ3v) is 2.31. The highest BCUT2D eigenvalue weighted by Gasteiger charge is 2.32. The van der Waals surface area contributed by atoms with Gasteiger partial charge in [0.15, 0.2) is 0 Å². The highest BCUT2D eigenvalue weighted by molar-refractivity contribution is 5.61. The van der Waals surface area contributed by atoms with Crippen LogP contribution in [0.3, 0.4) is 0 Å². The van der Waals surface area contributed by atoms with Gasteiger partial charge < -0.3 is 5.73 Å². The molecule has 54 valence electrons. The lowest BCUT2D eigenvalue weighted by Crippen LogP contribution is -2.16. The molecule has 1 fully saturated rings. The van der Waals surface area contributed by atoms with Crippen LogP contribution in [0.15, 0.2) is 16.9 Å². The maximum absolute atomic E-state index is 5.77. The highest BCUT2D eigenvalue weighted by Crippen LogP contribution is 2.41. The lowest BCUT2D eigenvalue weighted by atomic mass is 9.96. The van der Waals surface area contributed by atoms with Crippen LogP contribution in [-0.4, -0.2) is 6.21 Å². The Morgan fingerprint density at radius 3 is 2.90 bits per heavy atom. The number of nitrogens with zero attached hydrogens (tertiary/aromatic N) is 1. The first-order valence-electron chi connectivity index (χ1n) is 3.85. The van der Waals surface area contributed by atoms with Crippen LogP contribution in [-0.2, 0) is 0 Å². The predicted molar refractivity (Wildman–Crippen MR) is 41.6 cm³/mol. The van der Waals surface area contributed by atoms with Gasteiger partial charge in [-0.05, 0) is 25.2 Å². The molecule has 0 aromatic heterocycles. The molecule has 1 unspecified atom stereocenters. The second-order valence-corrected chi connectivity index (χ2v) is 3.14. The van der Waals surface area contributed by atoms with Crippen molar-refractivity contribution >= 4 is 6.21 Å². The van der Waals surface area contributed by atoms with E-state index in [2.05, 4.69) is 4.99 Å². The zero-order chi connectivity index (χ0) is 6.97. The maximum Gasteiger partial charge on any atom is 0.0454 e. The summed E-state index contributed by atoms with van der Waals surface area (Å²) in [5.41, 5.74) is 6.76. The zero-order valence-electron chi connectivity index (χ0n) is 5.96. The summed E-state index contributed by atoms with van der Waals surface area (Å²) in [7, 11) is 0. The average molecular weight is 136 g/mol. The van der Waals surface area contributed by atoms with Gasteiger partial charge in [-0.3, -0.25) is 4.99 Å². The van der Waals surface area contributed by atoms with E-state index in [1.807, 2.05) is 6.21 Å². The molecule has 0 bridgehead atoms. The maximum atomic E-state index is 5.77. The van der Waals surface area contributed by atoms with Crippen molar-refractivity contribution in [3.8, 4) is 0 Å². The quantitative estimate of drug-likeness (QED) is 0.579. The molecule has 1 aliphatic carbocycles. The molecule has 0 aromatic rings. The molecule has 1 atom stereocenters. The molecule has 2 nitrogen and oxygen atoms in total. The zero-order valence-corrected chi connectivity index (χ0v) is 5.96. The van der Waals surface area contributed by atoms with Gasteiger partial charge in [-0.25, -0.2) is 0 Å². The largest absolute Gasteiger partial charge is 0.401 e. The molecular formula is C8H12N2. The van der Waals surface area contributed by atoms with E-state index >= 15 is 0 Å². The van der Waals surface area contributed by atoms with Crippen molar-refractivity contribution in [2.45, 2.75) is 19.3 Å². The Labute approximate surface area is 60.8 Å². The summed E-state index contributed by atoms with van der Waals surface area (Å²) in [6.07, 6.45) is 7.57. The lowest BCUT2D eigenvalue weighted by Gasteiger charge is -2.15. The Hall–Kier alpha value is -0.790. The van der Waals surface area contributed by atoms with Gasteiger partial charge in [0.05, 0.1) is 0 Å². The highest BCUT2D eigenvalue weighted by atomic mass is 14.8. The van der Waals surface area contributed by atoms with Crippen molar-refractivity contribution in [3.63, 3.8) is 0 Å². The molecule has 0 saturated heterocycles. The number of aliphatic imine (C=N–C) groups is 1. The van der Waals surface area contributed by atoms with Gasteiger partial charge in [-0.2, -0.15) is 0 Å². The Bertz CT molecular complexity index is 189. The van der Waals surface area contributed by atoms with Crippen molar-refractivity contribution < 1.29 is 0 Å². The molecule has 1 saturated carbocycles. The van der Waals surface area contributed by atoms with E-state index in [1.54, 1.807) is 6.20 Å². The predicted octanol–water partition coefficient (Wildman–Crippen LogP) is 1.29. The van der Waals surface area contributed by atoms with Gasteiger partial charge in [0, 0.05) is 24.0 Å². The second kappa shape index (κ2) is 2.11. The summed E-state index contributed by atoms with van der Waals surface area (Å²) >= 11 is 0. The third kappa shape index (κ3) is 0.939. The van der Waals surface area contributed by atoms with Crippen LogP contribution < -0.4 is 5.73 Å². The third-order valence-electron chi connectivity index (χ3n) is 2.31. The normalized spacial score (nSPS) is 32.0. The molecule has 2 rings (SSSR count). The summed E-state index contributed by atoms with van der Waals surface area (Å²) in [4.78, 5) is 4.01. The van der Waals surface area contributed by atoms with Crippen LogP contribution in [0.5, 0.6) is 0 Å². The van der Waals surface area contributed by atoms with Gasteiger partial charge in [-0.15, -0.1) is 0 Å².